The zero-order chi connectivity index (χ0) is 8.10. The highest BCUT2D eigenvalue weighted by Crippen LogP contribution is 2.24. The fourth-order valence-corrected chi connectivity index (χ4v) is 1.62. The monoisotopic (exact) mass is 167 g/mol. The summed E-state index contributed by atoms with van der Waals surface area (Å²) in [7, 11) is 1.95. The molecule has 0 fully saturated rings. The van der Waals surface area contributed by atoms with E-state index in [1.807, 2.05) is 13.1 Å². The van der Waals surface area contributed by atoms with Crippen LogP contribution in [0.2, 0.25) is 0 Å². The highest BCUT2D eigenvalue weighted by Gasteiger charge is 2.02. The summed E-state index contributed by atoms with van der Waals surface area (Å²) in [6.45, 7) is 2.19. The first-order valence-corrected chi connectivity index (χ1v) is 4.60. The number of benzene rings is 1. The number of rotatable bonds is 3. The highest BCUT2D eigenvalue weighted by molar-refractivity contribution is 7.97. The molecule has 0 aliphatic rings. The van der Waals surface area contributed by atoms with Gasteiger partial charge in [0.1, 0.15) is 0 Å². The van der Waals surface area contributed by atoms with Crippen molar-refractivity contribution in [3.05, 3.63) is 35.9 Å². The van der Waals surface area contributed by atoms with Crippen molar-refractivity contribution >= 4 is 11.9 Å². The average Bonchev–Trinajstić information content (AvgIpc) is 2.07. The molecule has 0 radical (unpaired) electrons. The summed E-state index contributed by atoms with van der Waals surface area (Å²) in [6.07, 6.45) is 0. The minimum absolute atomic E-state index is 0.529. The van der Waals surface area contributed by atoms with Gasteiger partial charge in [-0.3, -0.25) is 4.72 Å². The Kier molecular flexibility index (Phi) is 3.46. The van der Waals surface area contributed by atoms with Crippen LogP contribution in [-0.4, -0.2) is 7.05 Å². The Balaban J connectivity index is 2.61. The Morgan fingerprint density at radius 2 is 1.91 bits per heavy atom. The first kappa shape index (κ1) is 8.62. The lowest BCUT2D eigenvalue weighted by atomic mass is 10.2. The molecule has 0 aliphatic heterocycles. The first-order valence-electron chi connectivity index (χ1n) is 3.72. The fraction of sp³-hybridized carbons (Fsp3) is 0.333. The number of hydrogen-bond acceptors (Lipinski definition) is 2. The number of nitrogens with one attached hydrogen (secondary N) is 1. The molecule has 1 unspecified atom stereocenters. The Bertz CT molecular complexity index is 198. The van der Waals surface area contributed by atoms with Crippen LogP contribution in [0, 0.1) is 0 Å². The van der Waals surface area contributed by atoms with Crippen molar-refractivity contribution in [2.24, 2.45) is 0 Å². The van der Waals surface area contributed by atoms with Crippen molar-refractivity contribution in [1.82, 2.24) is 4.72 Å². The molecule has 2 heteroatoms. The Morgan fingerprint density at radius 3 is 2.45 bits per heavy atom. The Morgan fingerprint density at radius 1 is 1.27 bits per heavy atom. The molecule has 1 atom stereocenters. The molecule has 0 heterocycles. The molecule has 0 spiro atoms. The molecular weight excluding hydrogens is 154 g/mol. The Hall–Kier alpha value is -0.470. The maximum absolute atomic E-state index is 3.08. The molecule has 1 aromatic carbocycles. The van der Waals surface area contributed by atoms with Gasteiger partial charge in [-0.15, -0.1) is 0 Å². The van der Waals surface area contributed by atoms with E-state index in [0.717, 1.165) is 0 Å². The second-order valence-corrected chi connectivity index (χ2v) is 3.73. The second kappa shape index (κ2) is 4.42. The lowest BCUT2D eigenvalue weighted by molar-refractivity contribution is 1.08. The molecular formula is C9H13NS. The van der Waals surface area contributed by atoms with Gasteiger partial charge in [-0.25, -0.2) is 0 Å². The van der Waals surface area contributed by atoms with Crippen molar-refractivity contribution in [3.8, 4) is 0 Å². The second-order valence-electron chi connectivity index (χ2n) is 2.37. The summed E-state index contributed by atoms with van der Waals surface area (Å²) >= 11 is 1.73. The minimum Gasteiger partial charge on any atom is -0.267 e. The third-order valence-corrected chi connectivity index (χ3v) is 2.43. The highest BCUT2D eigenvalue weighted by atomic mass is 32.2. The van der Waals surface area contributed by atoms with Crippen molar-refractivity contribution in [1.29, 1.82) is 0 Å². The van der Waals surface area contributed by atoms with E-state index in [0.29, 0.717) is 5.25 Å². The molecule has 0 saturated heterocycles. The molecule has 11 heavy (non-hydrogen) atoms. The van der Waals surface area contributed by atoms with Crippen LogP contribution in [0.5, 0.6) is 0 Å². The van der Waals surface area contributed by atoms with Crippen LogP contribution >= 0.6 is 11.9 Å². The molecule has 60 valence electrons. The van der Waals surface area contributed by atoms with Gasteiger partial charge in [-0.2, -0.15) is 0 Å². The van der Waals surface area contributed by atoms with E-state index in [1.54, 1.807) is 11.9 Å². The van der Waals surface area contributed by atoms with Gasteiger partial charge in [0.25, 0.3) is 0 Å². The molecule has 0 saturated carbocycles. The fourth-order valence-electron chi connectivity index (χ4n) is 0.969. The van der Waals surface area contributed by atoms with Gasteiger partial charge in [0.15, 0.2) is 0 Å². The van der Waals surface area contributed by atoms with Crippen molar-refractivity contribution < 1.29 is 0 Å². The standard InChI is InChI=1S/C9H13NS/c1-8(11-10-2)9-6-4-3-5-7-9/h3-8,10H,1-2H3. The van der Waals surface area contributed by atoms with Crippen LogP contribution in [0.3, 0.4) is 0 Å². The van der Waals surface area contributed by atoms with Crippen LogP contribution in [0.4, 0.5) is 0 Å². The quantitative estimate of drug-likeness (QED) is 0.694. The molecule has 1 aromatic rings. The third kappa shape index (κ3) is 2.56. The smallest absolute Gasteiger partial charge is 0.0414 e. The van der Waals surface area contributed by atoms with E-state index < -0.39 is 0 Å². The van der Waals surface area contributed by atoms with Gasteiger partial charge in [-0.05, 0) is 19.5 Å². The molecule has 0 bridgehead atoms. The summed E-state index contributed by atoms with van der Waals surface area (Å²) in [6, 6.07) is 10.5. The Labute approximate surface area is 72.3 Å². The van der Waals surface area contributed by atoms with Gasteiger partial charge in [0.05, 0.1) is 0 Å². The van der Waals surface area contributed by atoms with Gasteiger partial charge in [0.2, 0.25) is 0 Å². The largest absolute Gasteiger partial charge is 0.267 e. The first-order chi connectivity index (χ1) is 5.34. The van der Waals surface area contributed by atoms with Crippen LogP contribution < -0.4 is 4.72 Å². The predicted molar refractivity (Wildman–Crippen MR) is 51.5 cm³/mol. The van der Waals surface area contributed by atoms with Crippen molar-refractivity contribution in [3.63, 3.8) is 0 Å². The van der Waals surface area contributed by atoms with Crippen LogP contribution in [0.25, 0.3) is 0 Å². The lowest BCUT2D eigenvalue weighted by Crippen LogP contribution is -1.97. The molecule has 1 nitrogen and oxygen atoms in total. The van der Waals surface area contributed by atoms with Crippen LogP contribution in [-0.2, 0) is 0 Å². The van der Waals surface area contributed by atoms with Gasteiger partial charge >= 0.3 is 0 Å². The zero-order valence-corrected chi connectivity index (χ0v) is 7.69. The third-order valence-electron chi connectivity index (χ3n) is 1.56. The summed E-state index contributed by atoms with van der Waals surface area (Å²) in [5, 5.41) is 0.529. The van der Waals surface area contributed by atoms with Gasteiger partial charge < -0.3 is 0 Å². The summed E-state index contributed by atoms with van der Waals surface area (Å²) in [5.74, 6) is 0. The number of hydrogen-bond donors (Lipinski definition) is 1. The van der Waals surface area contributed by atoms with Crippen LogP contribution in [0.1, 0.15) is 17.7 Å². The average molecular weight is 167 g/mol. The SMILES string of the molecule is CNSC(C)c1ccccc1. The normalized spacial score (nSPS) is 12.9. The van der Waals surface area contributed by atoms with Crippen LogP contribution in [0.15, 0.2) is 30.3 Å². The van der Waals surface area contributed by atoms with Gasteiger partial charge in [-0.1, -0.05) is 42.3 Å². The van der Waals surface area contributed by atoms with Crippen molar-refractivity contribution in [2.45, 2.75) is 12.2 Å². The zero-order valence-electron chi connectivity index (χ0n) is 6.87. The van der Waals surface area contributed by atoms with E-state index >= 15 is 0 Å². The minimum atomic E-state index is 0.529. The predicted octanol–water partition coefficient (Wildman–Crippen LogP) is 2.62. The van der Waals surface area contributed by atoms with E-state index in [1.165, 1.54) is 5.56 Å². The summed E-state index contributed by atoms with van der Waals surface area (Å²) in [4.78, 5) is 0. The summed E-state index contributed by atoms with van der Waals surface area (Å²) in [5.41, 5.74) is 1.37. The molecule has 1 rings (SSSR count). The van der Waals surface area contributed by atoms with E-state index in [4.69, 9.17) is 0 Å². The van der Waals surface area contributed by atoms with E-state index in [2.05, 4.69) is 35.9 Å². The van der Waals surface area contributed by atoms with Gasteiger partial charge in [0, 0.05) is 5.25 Å². The molecule has 0 aliphatic carbocycles. The van der Waals surface area contributed by atoms with E-state index in [-0.39, 0.29) is 0 Å². The van der Waals surface area contributed by atoms with Crippen molar-refractivity contribution in [2.75, 3.05) is 7.05 Å². The molecule has 1 N–H and O–H groups in total. The molecule has 0 aromatic heterocycles. The topological polar surface area (TPSA) is 12.0 Å². The summed E-state index contributed by atoms with van der Waals surface area (Å²) < 4.78 is 3.08. The van der Waals surface area contributed by atoms with E-state index in [9.17, 15) is 0 Å². The maximum Gasteiger partial charge on any atom is 0.0414 e. The lowest BCUT2D eigenvalue weighted by Gasteiger charge is -2.08. The maximum atomic E-state index is 3.08. The molecule has 0 amide bonds.